The lowest BCUT2D eigenvalue weighted by Gasteiger charge is -2.38. The number of pyridine rings is 1. The van der Waals surface area contributed by atoms with Gasteiger partial charge in [-0.25, -0.2) is 0 Å². The van der Waals surface area contributed by atoms with Crippen LogP contribution in [-0.4, -0.2) is 47.2 Å². The van der Waals surface area contributed by atoms with Crippen molar-refractivity contribution in [2.75, 3.05) is 13.1 Å². The highest BCUT2D eigenvalue weighted by molar-refractivity contribution is 6.31. The van der Waals surface area contributed by atoms with Crippen LogP contribution in [0.4, 0.5) is 0 Å². The molecule has 1 saturated heterocycles. The first-order chi connectivity index (χ1) is 13.1. The Bertz CT molecular complexity index is 831. The largest absolute Gasteiger partial charge is 0.487 e. The van der Waals surface area contributed by atoms with Crippen LogP contribution in [0.1, 0.15) is 19.8 Å². The highest BCUT2D eigenvalue weighted by atomic mass is 35.5. The van der Waals surface area contributed by atoms with Crippen molar-refractivity contribution in [3.63, 3.8) is 0 Å². The molecule has 7 heteroatoms. The number of carbonyl (C=O) groups excluding carboxylic acids is 1. The van der Waals surface area contributed by atoms with Crippen LogP contribution in [0.15, 0.2) is 42.7 Å². The van der Waals surface area contributed by atoms with Gasteiger partial charge in [0.25, 0.3) is 5.91 Å². The van der Waals surface area contributed by atoms with E-state index in [1.54, 1.807) is 23.4 Å². The number of piperidine rings is 1. The van der Waals surface area contributed by atoms with Gasteiger partial charge in [-0.15, -0.1) is 0 Å². The Balaban J connectivity index is 1.44. The third-order valence-corrected chi connectivity index (χ3v) is 5.09. The van der Waals surface area contributed by atoms with Gasteiger partial charge in [-0.1, -0.05) is 23.7 Å². The lowest BCUT2D eigenvalue weighted by atomic mass is 10.1. The van der Waals surface area contributed by atoms with Crippen LogP contribution in [-0.2, 0) is 4.79 Å². The van der Waals surface area contributed by atoms with Gasteiger partial charge < -0.3 is 19.1 Å². The zero-order chi connectivity index (χ0) is 18.8. The first-order valence-electron chi connectivity index (χ1n) is 9.09. The molecule has 2 aliphatic rings. The van der Waals surface area contributed by atoms with E-state index in [9.17, 15) is 4.79 Å². The fourth-order valence-electron chi connectivity index (χ4n) is 3.44. The van der Waals surface area contributed by atoms with Gasteiger partial charge in [-0.05, 0) is 31.9 Å². The second kappa shape index (κ2) is 7.64. The van der Waals surface area contributed by atoms with Gasteiger partial charge in [0.2, 0.25) is 6.10 Å². The van der Waals surface area contributed by atoms with Crippen LogP contribution in [0.5, 0.6) is 17.2 Å². The first kappa shape index (κ1) is 17.9. The van der Waals surface area contributed by atoms with Crippen molar-refractivity contribution < 1.29 is 19.0 Å². The molecule has 0 aliphatic carbocycles. The number of ether oxygens (including phenoxy) is 3. The summed E-state index contributed by atoms with van der Waals surface area (Å²) in [5, 5.41) is 0.468. The monoisotopic (exact) mass is 388 g/mol. The second-order valence-corrected chi connectivity index (χ2v) is 7.19. The van der Waals surface area contributed by atoms with Crippen molar-refractivity contribution in [2.24, 2.45) is 0 Å². The van der Waals surface area contributed by atoms with E-state index in [1.807, 2.05) is 31.2 Å². The Morgan fingerprint density at radius 1 is 1.26 bits per heavy atom. The molecule has 0 N–H and O–H groups in total. The molecule has 2 aromatic rings. The van der Waals surface area contributed by atoms with Crippen molar-refractivity contribution in [1.82, 2.24) is 9.88 Å². The number of benzene rings is 1. The summed E-state index contributed by atoms with van der Waals surface area (Å²) < 4.78 is 17.8. The molecule has 3 heterocycles. The summed E-state index contributed by atoms with van der Waals surface area (Å²) in [5.74, 6) is 1.78. The minimum atomic E-state index is -0.664. The summed E-state index contributed by atoms with van der Waals surface area (Å²) in [6, 6.07) is 9.14. The number of rotatable bonds is 3. The lowest BCUT2D eigenvalue weighted by Crippen LogP contribution is -2.54. The maximum Gasteiger partial charge on any atom is 0.267 e. The van der Waals surface area contributed by atoms with Gasteiger partial charge in [-0.3, -0.25) is 9.78 Å². The van der Waals surface area contributed by atoms with Gasteiger partial charge >= 0.3 is 0 Å². The highest BCUT2D eigenvalue weighted by Crippen LogP contribution is 2.34. The third-order valence-electron chi connectivity index (χ3n) is 4.80. The quantitative estimate of drug-likeness (QED) is 0.807. The Kier molecular flexibility index (Phi) is 5.07. The number of aromatic nitrogens is 1. The number of nitrogens with zero attached hydrogens (tertiary/aromatic N) is 2. The predicted octanol–water partition coefficient (Wildman–Crippen LogP) is 3.33. The molecule has 3 atom stereocenters. The predicted molar refractivity (Wildman–Crippen MR) is 100 cm³/mol. The lowest BCUT2D eigenvalue weighted by molar-refractivity contribution is -0.147. The molecule has 0 radical (unpaired) electrons. The van der Waals surface area contributed by atoms with Crippen molar-refractivity contribution in [2.45, 2.75) is 38.1 Å². The summed E-state index contributed by atoms with van der Waals surface area (Å²) in [7, 11) is 0. The minimum Gasteiger partial charge on any atom is -0.487 e. The zero-order valence-corrected chi connectivity index (χ0v) is 15.8. The summed E-state index contributed by atoms with van der Waals surface area (Å²) in [4.78, 5) is 18.8. The number of fused-ring (bicyclic) bond motifs is 1. The van der Waals surface area contributed by atoms with E-state index in [0.29, 0.717) is 35.4 Å². The van der Waals surface area contributed by atoms with Crippen LogP contribution in [0.3, 0.4) is 0 Å². The second-order valence-electron chi connectivity index (χ2n) is 6.78. The van der Waals surface area contributed by atoms with E-state index in [1.165, 1.54) is 0 Å². The number of carbonyl (C=O) groups is 1. The number of para-hydroxylation sites is 2. The van der Waals surface area contributed by atoms with Gasteiger partial charge in [-0.2, -0.15) is 0 Å². The standard InChI is InChI=1S/C20H21ClN2O4/c1-13-19(27-18-7-3-2-6-17(18)25-13)20(24)23-10-4-5-14(12-23)26-16-8-9-22-11-15(16)21/h2-3,6-9,11,13-14,19H,4-5,10,12H2,1H3. The molecule has 6 nitrogen and oxygen atoms in total. The van der Waals surface area contributed by atoms with Crippen LogP contribution in [0, 0.1) is 0 Å². The fourth-order valence-corrected chi connectivity index (χ4v) is 3.61. The number of hydrogen-bond acceptors (Lipinski definition) is 5. The Morgan fingerprint density at radius 2 is 2.04 bits per heavy atom. The van der Waals surface area contributed by atoms with Gasteiger partial charge in [0.15, 0.2) is 11.5 Å². The molecular weight excluding hydrogens is 368 g/mol. The normalized spacial score (nSPS) is 24.4. The molecule has 4 rings (SSSR count). The molecule has 3 unspecified atom stereocenters. The SMILES string of the molecule is CC1Oc2ccccc2OC1C(=O)N1CCCC(Oc2ccncc2Cl)C1. The molecule has 1 aromatic heterocycles. The Hall–Kier alpha value is -2.47. The molecule has 1 fully saturated rings. The minimum absolute atomic E-state index is 0.0777. The van der Waals surface area contributed by atoms with Crippen LogP contribution in [0.25, 0.3) is 0 Å². The number of amides is 1. The molecule has 0 spiro atoms. The van der Waals surface area contributed by atoms with Crippen molar-refractivity contribution in [1.29, 1.82) is 0 Å². The fraction of sp³-hybridized carbons (Fsp3) is 0.400. The van der Waals surface area contributed by atoms with Gasteiger partial charge in [0.1, 0.15) is 23.0 Å². The third kappa shape index (κ3) is 3.81. The smallest absolute Gasteiger partial charge is 0.267 e. The highest BCUT2D eigenvalue weighted by Gasteiger charge is 2.38. The number of hydrogen-bond donors (Lipinski definition) is 0. The Morgan fingerprint density at radius 3 is 2.81 bits per heavy atom. The number of likely N-dealkylation sites (tertiary alicyclic amines) is 1. The van der Waals surface area contributed by atoms with Gasteiger partial charge in [0.05, 0.1) is 6.54 Å². The van der Waals surface area contributed by atoms with Crippen LogP contribution in [0.2, 0.25) is 5.02 Å². The van der Waals surface area contributed by atoms with E-state index in [0.717, 1.165) is 12.8 Å². The summed E-state index contributed by atoms with van der Waals surface area (Å²) in [5.41, 5.74) is 0. The summed E-state index contributed by atoms with van der Waals surface area (Å²) in [6.07, 6.45) is 3.77. The molecule has 27 heavy (non-hydrogen) atoms. The maximum absolute atomic E-state index is 13.1. The molecule has 142 valence electrons. The topological polar surface area (TPSA) is 60.9 Å². The number of halogens is 1. The molecular formula is C20H21ClN2O4. The van der Waals surface area contributed by atoms with E-state index in [-0.39, 0.29) is 18.1 Å². The molecule has 1 aromatic carbocycles. The van der Waals surface area contributed by atoms with Crippen molar-refractivity contribution in [3.8, 4) is 17.2 Å². The molecule has 0 bridgehead atoms. The summed E-state index contributed by atoms with van der Waals surface area (Å²) >= 11 is 6.13. The van der Waals surface area contributed by atoms with E-state index in [2.05, 4.69) is 4.98 Å². The first-order valence-corrected chi connectivity index (χ1v) is 9.47. The maximum atomic E-state index is 13.1. The average molecular weight is 389 g/mol. The van der Waals surface area contributed by atoms with Crippen LogP contribution < -0.4 is 14.2 Å². The van der Waals surface area contributed by atoms with Gasteiger partial charge in [0, 0.05) is 25.0 Å². The molecule has 2 aliphatic heterocycles. The van der Waals surface area contributed by atoms with E-state index in [4.69, 9.17) is 25.8 Å². The zero-order valence-electron chi connectivity index (χ0n) is 15.0. The molecule has 0 saturated carbocycles. The van der Waals surface area contributed by atoms with Crippen LogP contribution >= 0.6 is 11.6 Å². The molecule has 1 amide bonds. The van der Waals surface area contributed by atoms with Crippen molar-refractivity contribution >= 4 is 17.5 Å². The van der Waals surface area contributed by atoms with E-state index < -0.39 is 6.10 Å². The summed E-state index contributed by atoms with van der Waals surface area (Å²) in [6.45, 7) is 3.02. The Labute approximate surface area is 163 Å². The van der Waals surface area contributed by atoms with Crippen molar-refractivity contribution in [3.05, 3.63) is 47.7 Å². The van der Waals surface area contributed by atoms with E-state index >= 15 is 0 Å². The average Bonchev–Trinajstić information content (AvgIpc) is 2.69.